The number of aryl methyl sites for hydroxylation is 1. The molecule has 0 atom stereocenters. The number of carbonyl (C=O) groups is 1. The molecule has 24 heavy (non-hydrogen) atoms. The van der Waals surface area contributed by atoms with Crippen molar-refractivity contribution in [3.63, 3.8) is 0 Å². The van der Waals surface area contributed by atoms with Gasteiger partial charge in [-0.15, -0.1) is 0 Å². The zero-order valence-corrected chi connectivity index (χ0v) is 14.7. The van der Waals surface area contributed by atoms with Gasteiger partial charge in [-0.3, -0.25) is 4.79 Å². The number of amides is 1. The van der Waals surface area contributed by atoms with Crippen LogP contribution < -0.4 is 10.2 Å². The van der Waals surface area contributed by atoms with E-state index < -0.39 is 0 Å². The molecule has 1 aromatic heterocycles. The van der Waals surface area contributed by atoms with E-state index in [1.54, 1.807) is 6.20 Å². The monoisotopic (exact) mass is 324 g/mol. The fourth-order valence-electron chi connectivity index (χ4n) is 2.46. The fourth-order valence-corrected chi connectivity index (χ4v) is 2.46. The first-order valence-corrected chi connectivity index (χ1v) is 8.43. The average Bonchev–Trinajstić information content (AvgIpc) is 3.37. The van der Waals surface area contributed by atoms with E-state index in [1.165, 1.54) is 0 Å². The Kier molecular flexibility index (Phi) is 4.51. The Hall–Kier alpha value is -2.43. The summed E-state index contributed by atoms with van der Waals surface area (Å²) in [6.45, 7) is 6.20. The van der Waals surface area contributed by atoms with Gasteiger partial charge >= 0.3 is 0 Å². The predicted octanol–water partition coefficient (Wildman–Crippen LogP) is 3.19. The molecule has 3 rings (SSSR count). The summed E-state index contributed by atoms with van der Waals surface area (Å²) < 4.78 is 0. The molecule has 1 aromatic carbocycles. The normalized spacial score (nSPS) is 13.9. The summed E-state index contributed by atoms with van der Waals surface area (Å²) >= 11 is 0. The van der Waals surface area contributed by atoms with Gasteiger partial charge in [-0.1, -0.05) is 23.8 Å². The molecule has 0 unspecified atom stereocenters. The number of hydrogen-bond acceptors (Lipinski definition) is 4. The van der Waals surface area contributed by atoms with Crippen molar-refractivity contribution in [2.75, 3.05) is 11.9 Å². The zero-order valence-electron chi connectivity index (χ0n) is 14.7. The highest BCUT2D eigenvalue weighted by Gasteiger charge is 2.27. The van der Waals surface area contributed by atoms with Crippen molar-refractivity contribution < 1.29 is 4.79 Å². The molecule has 2 aromatic rings. The zero-order chi connectivity index (χ0) is 17.3. The van der Waals surface area contributed by atoms with Crippen LogP contribution in [0.25, 0.3) is 11.4 Å². The molecule has 0 radical (unpaired) electrons. The van der Waals surface area contributed by atoms with E-state index >= 15 is 0 Å². The lowest BCUT2D eigenvalue weighted by Gasteiger charge is -2.25. The number of nitrogens with one attached hydrogen (secondary N) is 1. The standard InChI is InChI=1S/C19H24N4O/c1-12(2)23(4)18-16(19(24)21-15-8-9-15)11-20-17(22-18)14-7-5-6-13(3)10-14/h5-7,10-12,15H,8-9H2,1-4H3,(H,21,24). The highest BCUT2D eigenvalue weighted by molar-refractivity contribution is 5.99. The maximum absolute atomic E-state index is 12.5. The number of carbonyl (C=O) groups excluding carboxylic acids is 1. The minimum atomic E-state index is -0.0872. The smallest absolute Gasteiger partial charge is 0.256 e. The molecule has 0 spiro atoms. The van der Waals surface area contributed by atoms with Crippen LogP contribution in [0.1, 0.15) is 42.6 Å². The molecule has 1 aliphatic rings. The molecule has 1 saturated carbocycles. The molecule has 0 aliphatic heterocycles. The third-order valence-electron chi connectivity index (χ3n) is 4.31. The average molecular weight is 324 g/mol. The Bertz CT molecular complexity index is 753. The predicted molar refractivity (Wildman–Crippen MR) is 96.2 cm³/mol. The fraction of sp³-hybridized carbons (Fsp3) is 0.421. The molecular formula is C19H24N4O. The molecule has 1 N–H and O–H groups in total. The van der Waals surface area contributed by atoms with Crippen molar-refractivity contribution in [2.24, 2.45) is 0 Å². The van der Waals surface area contributed by atoms with Crippen molar-refractivity contribution in [3.05, 3.63) is 41.6 Å². The van der Waals surface area contributed by atoms with Gasteiger partial charge in [0.1, 0.15) is 11.4 Å². The number of aromatic nitrogens is 2. The summed E-state index contributed by atoms with van der Waals surface area (Å²) in [6, 6.07) is 8.63. The molecule has 5 heteroatoms. The summed E-state index contributed by atoms with van der Waals surface area (Å²) in [5.74, 6) is 1.23. The molecule has 126 valence electrons. The molecule has 5 nitrogen and oxygen atoms in total. The first kappa shape index (κ1) is 16.4. The quantitative estimate of drug-likeness (QED) is 0.917. The third kappa shape index (κ3) is 3.55. The summed E-state index contributed by atoms with van der Waals surface area (Å²) in [5, 5.41) is 3.03. The van der Waals surface area contributed by atoms with Gasteiger partial charge in [0, 0.05) is 30.9 Å². The second kappa shape index (κ2) is 6.59. The summed E-state index contributed by atoms with van der Waals surface area (Å²) in [4.78, 5) is 23.7. The first-order chi connectivity index (χ1) is 11.5. The maximum Gasteiger partial charge on any atom is 0.256 e. The maximum atomic E-state index is 12.5. The van der Waals surface area contributed by atoms with Crippen LogP contribution in [0.3, 0.4) is 0 Å². The Balaban J connectivity index is 2.01. The van der Waals surface area contributed by atoms with Gasteiger partial charge in [-0.05, 0) is 39.7 Å². The van der Waals surface area contributed by atoms with Crippen LogP contribution in [0, 0.1) is 6.92 Å². The molecule has 0 bridgehead atoms. The Labute approximate surface area is 143 Å². The van der Waals surface area contributed by atoms with E-state index in [-0.39, 0.29) is 11.9 Å². The van der Waals surface area contributed by atoms with Crippen LogP contribution in [0.4, 0.5) is 5.82 Å². The topological polar surface area (TPSA) is 58.1 Å². The number of hydrogen-bond donors (Lipinski definition) is 1. The first-order valence-electron chi connectivity index (χ1n) is 8.43. The lowest BCUT2D eigenvalue weighted by molar-refractivity contribution is 0.0951. The van der Waals surface area contributed by atoms with Crippen molar-refractivity contribution in [3.8, 4) is 11.4 Å². The minimum absolute atomic E-state index is 0.0872. The van der Waals surface area contributed by atoms with Crippen molar-refractivity contribution in [1.29, 1.82) is 0 Å². The van der Waals surface area contributed by atoms with E-state index in [9.17, 15) is 4.79 Å². The van der Waals surface area contributed by atoms with Gasteiger partial charge in [-0.25, -0.2) is 9.97 Å². The SMILES string of the molecule is Cc1cccc(-c2ncc(C(=O)NC3CC3)c(N(C)C(C)C)n2)c1. The van der Waals surface area contributed by atoms with Crippen molar-refractivity contribution in [1.82, 2.24) is 15.3 Å². The van der Waals surface area contributed by atoms with Crippen LogP contribution >= 0.6 is 0 Å². The summed E-state index contributed by atoms with van der Waals surface area (Å²) in [6.07, 6.45) is 3.77. The Morgan fingerprint density at radius 2 is 2.08 bits per heavy atom. The minimum Gasteiger partial charge on any atom is -0.356 e. The van der Waals surface area contributed by atoms with Gasteiger partial charge in [0.2, 0.25) is 0 Å². The van der Waals surface area contributed by atoms with E-state index in [1.807, 2.05) is 37.1 Å². The number of nitrogens with zero attached hydrogens (tertiary/aromatic N) is 3. The number of benzene rings is 1. The van der Waals surface area contributed by atoms with Crippen LogP contribution in [0.5, 0.6) is 0 Å². The third-order valence-corrected chi connectivity index (χ3v) is 4.31. The lowest BCUT2D eigenvalue weighted by atomic mass is 10.1. The number of rotatable bonds is 5. The highest BCUT2D eigenvalue weighted by Crippen LogP contribution is 2.25. The van der Waals surface area contributed by atoms with Gasteiger partial charge in [0.05, 0.1) is 0 Å². The van der Waals surface area contributed by atoms with E-state index in [4.69, 9.17) is 4.98 Å². The summed E-state index contributed by atoms with van der Waals surface area (Å²) in [7, 11) is 1.96. The second-order valence-corrected chi connectivity index (χ2v) is 6.75. The molecule has 1 aliphatic carbocycles. The lowest BCUT2D eigenvalue weighted by Crippen LogP contribution is -2.32. The van der Waals surface area contributed by atoms with Crippen LogP contribution in [0.2, 0.25) is 0 Å². The molecule has 1 heterocycles. The Morgan fingerprint density at radius 3 is 2.71 bits per heavy atom. The number of anilines is 1. The largest absolute Gasteiger partial charge is 0.356 e. The Morgan fingerprint density at radius 1 is 1.33 bits per heavy atom. The summed E-state index contributed by atoms with van der Waals surface area (Å²) in [5.41, 5.74) is 2.66. The molecule has 1 amide bonds. The molecule has 0 saturated heterocycles. The van der Waals surface area contributed by atoms with E-state index in [2.05, 4.69) is 30.2 Å². The van der Waals surface area contributed by atoms with E-state index in [0.717, 1.165) is 24.0 Å². The van der Waals surface area contributed by atoms with E-state index in [0.29, 0.717) is 23.2 Å². The van der Waals surface area contributed by atoms with Crippen LogP contribution in [-0.2, 0) is 0 Å². The van der Waals surface area contributed by atoms with Crippen molar-refractivity contribution in [2.45, 2.75) is 45.7 Å². The van der Waals surface area contributed by atoms with Crippen LogP contribution in [0.15, 0.2) is 30.5 Å². The second-order valence-electron chi connectivity index (χ2n) is 6.75. The highest BCUT2D eigenvalue weighted by atomic mass is 16.1. The van der Waals surface area contributed by atoms with Gasteiger partial charge in [-0.2, -0.15) is 0 Å². The van der Waals surface area contributed by atoms with Crippen LogP contribution in [-0.4, -0.2) is 35.0 Å². The van der Waals surface area contributed by atoms with Gasteiger partial charge < -0.3 is 10.2 Å². The molecular weight excluding hydrogens is 300 g/mol. The van der Waals surface area contributed by atoms with Crippen molar-refractivity contribution >= 4 is 11.7 Å². The van der Waals surface area contributed by atoms with Gasteiger partial charge in [0.25, 0.3) is 5.91 Å². The van der Waals surface area contributed by atoms with Gasteiger partial charge in [0.15, 0.2) is 5.82 Å². The molecule has 1 fully saturated rings.